The Morgan fingerprint density at radius 2 is 2.07 bits per heavy atom. The number of likely N-dealkylation sites (tertiary alicyclic amines) is 1. The number of alkyl halides is 3. The maximum atomic E-state index is 13.1. The summed E-state index contributed by atoms with van der Waals surface area (Å²) in [7, 11) is 0. The first-order valence-electron chi connectivity index (χ1n) is 9.77. The lowest BCUT2D eigenvalue weighted by atomic mass is 9.92. The molecule has 2 atom stereocenters. The summed E-state index contributed by atoms with van der Waals surface area (Å²) in [6.45, 7) is 4.50. The van der Waals surface area contributed by atoms with Crippen LogP contribution in [0.2, 0.25) is 0 Å². The molecule has 2 aliphatic rings. The molecule has 0 radical (unpaired) electrons. The molecular weight excluding hydrogens is 407 g/mol. The van der Waals surface area contributed by atoms with Crippen molar-refractivity contribution in [3.8, 4) is 0 Å². The zero-order valence-corrected chi connectivity index (χ0v) is 17.2. The van der Waals surface area contributed by atoms with Gasteiger partial charge in [-0.25, -0.2) is 0 Å². The zero-order chi connectivity index (χ0) is 20.3. The third kappa shape index (κ3) is 5.42. The van der Waals surface area contributed by atoms with Crippen LogP contribution in [0.25, 0.3) is 0 Å². The monoisotopic (exact) mass is 433 g/mol. The first-order valence-corrected chi connectivity index (χ1v) is 9.77. The number of nitrogens with one attached hydrogen (secondary N) is 1. The first kappa shape index (κ1) is 23.5. The van der Waals surface area contributed by atoms with Crippen molar-refractivity contribution in [1.29, 1.82) is 0 Å². The van der Waals surface area contributed by atoms with Crippen LogP contribution in [0.1, 0.15) is 43.2 Å². The quantitative estimate of drug-likeness (QED) is 0.794. The van der Waals surface area contributed by atoms with E-state index in [1.54, 1.807) is 11.0 Å². The summed E-state index contributed by atoms with van der Waals surface area (Å²) in [5, 5.41) is 3.04. The third-order valence-corrected chi connectivity index (χ3v) is 5.60. The topological polar surface area (TPSA) is 52.7 Å². The molecule has 2 fully saturated rings. The summed E-state index contributed by atoms with van der Waals surface area (Å²) in [6.07, 6.45) is -2.38. The van der Waals surface area contributed by atoms with Crippen molar-refractivity contribution < 1.29 is 22.8 Å². The fourth-order valence-corrected chi connectivity index (χ4v) is 4.12. The molecule has 2 amide bonds. The van der Waals surface area contributed by atoms with Crippen LogP contribution in [-0.4, -0.2) is 60.4 Å². The lowest BCUT2D eigenvalue weighted by Gasteiger charge is -2.42. The Kier molecular flexibility index (Phi) is 7.94. The summed E-state index contributed by atoms with van der Waals surface area (Å²) >= 11 is 0. The molecular formula is C20H27ClF3N3O2. The van der Waals surface area contributed by atoms with Crippen LogP contribution in [0.15, 0.2) is 24.3 Å². The second-order valence-electron chi connectivity index (χ2n) is 7.43. The summed E-state index contributed by atoms with van der Waals surface area (Å²) in [5.41, 5.74) is -0.345. The van der Waals surface area contributed by atoms with Gasteiger partial charge < -0.3 is 15.1 Å². The van der Waals surface area contributed by atoms with E-state index in [-0.39, 0.29) is 30.3 Å². The van der Waals surface area contributed by atoms with Gasteiger partial charge in [-0.2, -0.15) is 13.2 Å². The van der Waals surface area contributed by atoms with Gasteiger partial charge in [-0.15, -0.1) is 12.4 Å². The molecule has 2 unspecified atom stereocenters. The van der Waals surface area contributed by atoms with Crippen molar-refractivity contribution in [1.82, 2.24) is 15.1 Å². The Hall–Kier alpha value is -1.80. The number of halogens is 4. The van der Waals surface area contributed by atoms with Crippen molar-refractivity contribution >= 4 is 24.2 Å². The number of hydrogen-bond acceptors (Lipinski definition) is 3. The molecule has 1 aromatic carbocycles. The molecule has 5 nitrogen and oxygen atoms in total. The Morgan fingerprint density at radius 1 is 1.31 bits per heavy atom. The minimum absolute atomic E-state index is 0. The molecule has 9 heteroatoms. The SMILES string of the molecule is CCC(C(=O)N1CCCC(N2CCNCC2=O)C1)c1cccc(C(F)(F)F)c1.Cl. The molecule has 0 aliphatic carbocycles. The fourth-order valence-electron chi connectivity index (χ4n) is 4.12. The van der Waals surface area contributed by atoms with E-state index >= 15 is 0 Å². The van der Waals surface area contributed by atoms with Crippen LogP contribution >= 0.6 is 12.4 Å². The van der Waals surface area contributed by atoms with E-state index in [0.29, 0.717) is 38.2 Å². The summed E-state index contributed by atoms with van der Waals surface area (Å²) < 4.78 is 39.1. The van der Waals surface area contributed by atoms with Crippen molar-refractivity contribution in [3.63, 3.8) is 0 Å². The number of benzene rings is 1. The van der Waals surface area contributed by atoms with Gasteiger partial charge >= 0.3 is 6.18 Å². The van der Waals surface area contributed by atoms with E-state index in [4.69, 9.17) is 0 Å². The number of piperazine rings is 1. The van der Waals surface area contributed by atoms with Crippen LogP contribution in [0.5, 0.6) is 0 Å². The predicted molar refractivity (Wildman–Crippen MR) is 106 cm³/mol. The number of carbonyl (C=O) groups excluding carboxylic acids is 2. The van der Waals surface area contributed by atoms with Crippen molar-refractivity contribution in [2.75, 3.05) is 32.7 Å². The molecule has 0 spiro atoms. The van der Waals surface area contributed by atoms with Gasteiger partial charge in [0.2, 0.25) is 11.8 Å². The van der Waals surface area contributed by atoms with Gasteiger partial charge in [0.1, 0.15) is 0 Å². The molecule has 0 aromatic heterocycles. The van der Waals surface area contributed by atoms with Gasteiger partial charge in [0.15, 0.2) is 0 Å². The number of amides is 2. The minimum Gasteiger partial charge on any atom is -0.340 e. The van der Waals surface area contributed by atoms with E-state index in [0.717, 1.165) is 31.5 Å². The van der Waals surface area contributed by atoms with Crippen LogP contribution in [0.3, 0.4) is 0 Å². The van der Waals surface area contributed by atoms with Crippen molar-refractivity contribution in [2.24, 2.45) is 0 Å². The standard InChI is InChI=1S/C20H26F3N3O2.ClH/c1-2-17(14-5-3-6-15(11-14)20(21,22)23)19(28)25-9-4-7-16(13-25)26-10-8-24-12-18(26)27;/h3,5-6,11,16-17,24H,2,4,7-10,12-13H2,1H3;1H. The highest BCUT2D eigenvalue weighted by Gasteiger charge is 2.35. The van der Waals surface area contributed by atoms with Crippen LogP contribution in [-0.2, 0) is 15.8 Å². The van der Waals surface area contributed by atoms with E-state index < -0.39 is 17.7 Å². The average Bonchev–Trinajstić information content (AvgIpc) is 2.68. The number of hydrogen-bond donors (Lipinski definition) is 1. The Balaban J connectivity index is 0.00000300. The fraction of sp³-hybridized carbons (Fsp3) is 0.600. The maximum absolute atomic E-state index is 13.1. The highest BCUT2D eigenvalue weighted by molar-refractivity contribution is 5.85. The van der Waals surface area contributed by atoms with Crippen LogP contribution in [0.4, 0.5) is 13.2 Å². The van der Waals surface area contributed by atoms with Crippen LogP contribution < -0.4 is 5.32 Å². The van der Waals surface area contributed by atoms with Crippen molar-refractivity contribution in [2.45, 2.75) is 44.3 Å². The van der Waals surface area contributed by atoms with Gasteiger partial charge in [0, 0.05) is 32.2 Å². The second-order valence-corrected chi connectivity index (χ2v) is 7.43. The summed E-state index contributed by atoms with van der Waals surface area (Å²) in [6, 6.07) is 5.02. The lowest BCUT2D eigenvalue weighted by molar-refractivity contribution is -0.141. The van der Waals surface area contributed by atoms with Gasteiger partial charge in [0.05, 0.1) is 18.0 Å². The van der Waals surface area contributed by atoms with Gasteiger partial charge in [-0.1, -0.05) is 25.1 Å². The number of piperidine rings is 1. The Morgan fingerprint density at radius 3 is 2.72 bits per heavy atom. The molecule has 29 heavy (non-hydrogen) atoms. The number of nitrogens with zero attached hydrogens (tertiary/aromatic N) is 2. The molecule has 1 N–H and O–H groups in total. The van der Waals surface area contributed by atoms with E-state index in [2.05, 4.69) is 5.32 Å². The third-order valence-electron chi connectivity index (χ3n) is 5.60. The summed E-state index contributed by atoms with van der Waals surface area (Å²) in [5.74, 6) is -0.732. The minimum atomic E-state index is -4.43. The van der Waals surface area contributed by atoms with Gasteiger partial charge in [-0.3, -0.25) is 9.59 Å². The highest BCUT2D eigenvalue weighted by atomic mass is 35.5. The molecule has 1 aromatic rings. The van der Waals surface area contributed by atoms with E-state index in [1.807, 2.05) is 11.8 Å². The Labute approximate surface area is 175 Å². The van der Waals surface area contributed by atoms with Gasteiger partial charge in [0.25, 0.3) is 0 Å². The molecule has 2 heterocycles. The van der Waals surface area contributed by atoms with E-state index in [1.165, 1.54) is 6.07 Å². The molecule has 2 saturated heterocycles. The molecule has 162 valence electrons. The molecule has 3 rings (SSSR count). The van der Waals surface area contributed by atoms with Crippen molar-refractivity contribution in [3.05, 3.63) is 35.4 Å². The number of rotatable bonds is 4. The maximum Gasteiger partial charge on any atom is 0.416 e. The van der Waals surface area contributed by atoms with Crippen LogP contribution in [0, 0.1) is 0 Å². The zero-order valence-electron chi connectivity index (χ0n) is 16.4. The van der Waals surface area contributed by atoms with E-state index in [9.17, 15) is 22.8 Å². The smallest absolute Gasteiger partial charge is 0.340 e. The predicted octanol–water partition coefficient (Wildman–Crippen LogP) is 3.04. The molecule has 2 aliphatic heterocycles. The van der Waals surface area contributed by atoms with Gasteiger partial charge in [-0.05, 0) is 30.9 Å². The summed E-state index contributed by atoms with van der Waals surface area (Å²) in [4.78, 5) is 28.9. The molecule has 0 saturated carbocycles. The highest BCUT2D eigenvalue weighted by Crippen LogP contribution is 2.33. The Bertz CT molecular complexity index is 729. The molecule has 0 bridgehead atoms. The largest absolute Gasteiger partial charge is 0.416 e. The first-order chi connectivity index (χ1) is 13.3. The normalized spacial score (nSPS) is 21.5. The second kappa shape index (κ2) is 9.80. The lowest BCUT2D eigenvalue weighted by Crippen LogP contribution is -2.57. The average molecular weight is 434 g/mol. The number of carbonyl (C=O) groups is 2.